The predicted octanol–water partition coefficient (Wildman–Crippen LogP) is 2.53. The fourth-order valence-electron chi connectivity index (χ4n) is 2.09. The van der Waals surface area contributed by atoms with Gasteiger partial charge in [-0.1, -0.05) is 26.2 Å². The summed E-state index contributed by atoms with van der Waals surface area (Å²) in [7, 11) is 0. The highest BCUT2D eigenvalue weighted by Crippen LogP contribution is 2.29. The molecule has 0 radical (unpaired) electrons. The van der Waals surface area contributed by atoms with Gasteiger partial charge in [0.15, 0.2) is 0 Å². The summed E-state index contributed by atoms with van der Waals surface area (Å²) in [6.07, 6.45) is 6.26. The van der Waals surface area contributed by atoms with E-state index in [1.165, 1.54) is 25.7 Å². The van der Waals surface area contributed by atoms with Gasteiger partial charge in [0.25, 0.3) is 0 Å². The first-order valence-corrected chi connectivity index (χ1v) is 6.57. The number of nitrogens with two attached hydrogens (primary N) is 1. The molecule has 0 aliphatic heterocycles. The second-order valence-corrected chi connectivity index (χ2v) is 4.86. The van der Waals surface area contributed by atoms with Gasteiger partial charge in [0, 0.05) is 18.5 Å². The van der Waals surface area contributed by atoms with Crippen molar-refractivity contribution in [1.29, 1.82) is 0 Å². The van der Waals surface area contributed by atoms with Gasteiger partial charge in [-0.2, -0.15) is 0 Å². The lowest BCUT2D eigenvalue weighted by Gasteiger charge is -2.25. The molecule has 4 nitrogen and oxygen atoms in total. The van der Waals surface area contributed by atoms with Crippen molar-refractivity contribution in [2.45, 2.75) is 46.0 Å². The molecule has 1 aromatic rings. The molecule has 0 aromatic carbocycles. The third kappa shape index (κ3) is 2.87. The highest BCUT2D eigenvalue weighted by atomic mass is 15.1. The van der Waals surface area contributed by atoms with Crippen molar-refractivity contribution in [3.8, 4) is 0 Å². The average molecular weight is 234 g/mol. The zero-order valence-corrected chi connectivity index (χ0v) is 10.8. The van der Waals surface area contributed by atoms with Crippen LogP contribution in [0.5, 0.6) is 0 Å². The molecule has 0 atom stereocenters. The molecule has 94 valence electrons. The Morgan fingerprint density at radius 1 is 1.35 bits per heavy atom. The van der Waals surface area contributed by atoms with E-state index in [2.05, 4.69) is 15.3 Å². The van der Waals surface area contributed by atoms with E-state index in [9.17, 15) is 0 Å². The SMILES string of the molecule is CCc1nc(N)c(C)c(NCCC2CCC2)n1. The van der Waals surface area contributed by atoms with Crippen molar-refractivity contribution < 1.29 is 0 Å². The maximum absolute atomic E-state index is 5.87. The number of aryl methyl sites for hydroxylation is 1. The van der Waals surface area contributed by atoms with Gasteiger partial charge in [-0.15, -0.1) is 0 Å². The highest BCUT2D eigenvalue weighted by Gasteiger charge is 2.16. The fraction of sp³-hybridized carbons (Fsp3) is 0.692. The Labute approximate surface area is 103 Å². The Morgan fingerprint density at radius 2 is 2.12 bits per heavy atom. The van der Waals surface area contributed by atoms with E-state index < -0.39 is 0 Å². The smallest absolute Gasteiger partial charge is 0.134 e. The van der Waals surface area contributed by atoms with Crippen LogP contribution >= 0.6 is 0 Å². The number of aromatic nitrogens is 2. The number of nitrogens with one attached hydrogen (secondary N) is 1. The Kier molecular flexibility index (Phi) is 3.82. The Morgan fingerprint density at radius 3 is 2.71 bits per heavy atom. The van der Waals surface area contributed by atoms with Crippen molar-refractivity contribution in [3.63, 3.8) is 0 Å². The lowest BCUT2D eigenvalue weighted by molar-refractivity contribution is 0.303. The fourth-order valence-corrected chi connectivity index (χ4v) is 2.09. The summed E-state index contributed by atoms with van der Waals surface area (Å²) in [5.41, 5.74) is 6.84. The molecular formula is C13H22N4. The van der Waals surface area contributed by atoms with Crippen LogP contribution in [0.1, 0.15) is 44.0 Å². The normalized spacial score (nSPS) is 15.6. The summed E-state index contributed by atoms with van der Waals surface area (Å²) < 4.78 is 0. The van der Waals surface area contributed by atoms with Crippen molar-refractivity contribution in [3.05, 3.63) is 11.4 Å². The Balaban J connectivity index is 1.95. The highest BCUT2D eigenvalue weighted by molar-refractivity contribution is 5.54. The minimum atomic E-state index is 0.600. The van der Waals surface area contributed by atoms with Crippen LogP contribution in [0.3, 0.4) is 0 Å². The summed E-state index contributed by atoms with van der Waals surface area (Å²) in [6, 6.07) is 0. The maximum atomic E-state index is 5.87. The number of anilines is 2. The minimum absolute atomic E-state index is 0.600. The molecule has 1 aliphatic carbocycles. The van der Waals surface area contributed by atoms with Gasteiger partial charge in [-0.05, 0) is 19.3 Å². The molecule has 3 N–H and O–H groups in total. The first-order chi connectivity index (χ1) is 8.20. The van der Waals surface area contributed by atoms with Gasteiger partial charge in [-0.25, -0.2) is 9.97 Å². The maximum Gasteiger partial charge on any atom is 0.134 e. The van der Waals surface area contributed by atoms with Gasteiger partial charge in [0.05, 0.1) is 0 Å². The van der Waals surface area contributed by atoms with Gasteiger partial charge < -0.3 is 11.1 Å². The second-order valence-electron chi connectivity index (χ2n) is 4.86. The first kappa shape index (κ1) is 12.1. The molecule has 1 aromatic heterocycles. The number of nitrogens with zero attached hydrogens (tertiary/aromatic N) is 2. The number of hydrogen-bond acceptors (Lipinski definition) is 4. The predicted molar refractivity (Wildman–Crippen MR) is 71.0 cm³/mol. The lowest BCUT2D eigenvalue weighted by Crippen LogP contribution is -2.17. The largest absolute Gasteiger partial charge is 0.383 e. The third-order valence-corrected chi connectivity index (χ3v) is 3.62. The topological polar surface area (TPSA) is 63.8 Å². The molecule has 0 spiro atoms. The van der Waals surface area contributed by atoms with E-state index in [0.717, 1.165) is 36.1 Å². The molecule has 1 saturated carbocycles. The first-order valence-electron chi connectivity index (χ1n) is 6.57. The summed E-state index contributed by atoms with van der Waals surface area (Å²) in [6.45, 7) is 5.01. The second kappa shape index (κ2) is 5.34. The van der Waals surface area contributed by atoms with E-state index in [1.807, 2.05) is 13.8 Å². The van der Waals surface area contributed by atoms with Gasteiger partial charge in [0.2, 0.25) is 0 Å². The van der Waals surface area contributed by atoms with Crippen LogP contribution in [0.15, 0.2) is 0 Å². The molecular weight excluding hydrogens is 212 g/mol. The average Bonchev–Trinajstić information content (AvgIpc) is 2.27. The Bertz CT molecular complexity index is 385. The standard InChI is InChI=1S/C13H22N4/c1-3-11-16-12(14)9(2)13(17-11)15-8-7-10-5-4-6-10/h10H,3-8H2,1-2H3,(H3,14,15,16,17). The number of rotatable bonds is 5. The monoisotopic (exact) mass is 234 g/mol. The van der Waals surface area contributed by atoms with Crippen LogP contribution in [-0.2, 0) is 6.42 Å². The third-order valence-electron chi connectivity index (χ3n) is 3.62. The van der Waals surface area contributed by atoms with Crippen LogP contribution in [-0.4, -0.2) is 16.5 Å². The van der Waals surface area contributed by atoms with Crippen LogP contribution < -0.4 is 11.1 Å². The van der Waals surface area contributed by atoms with E-state index in [4.69, 9.17) is 5.73 Å². The minimum Gasteiger partial charge on any atom is -0.383 e. The van der Waals surface area contributed by atoms with Crippen molar-refractivity contribution in [2.75, 3.05) is 17.6 Å². The lowest BCUT2D eigenvalue weighted by atomic mass is 9.83. The molecule has 0 unspecified atom stereocenters. The number of nitrogen functional groups attached to an aromatic ring is 1. The molecule has 0 saturated heterocycles. The van der Waals surface area contributed by atoms with Gasteiger partial charge in [-0.3, -0.25) is 0 Å². The molecule has 0 amide bonds. The molecule has 1 fully saturated rings. The zero-order valence-electron chi connectivity index (χ0n) is 10.8. The summed E-state index contributed by atoms with van der Waals surface area (Å²) in [5.74, 6) is 3.25. The summed E-state index contributed by atoms with van der Waals surface area (Å²) in [4.78, 5) is 8.74. The van der Waals surface area contributed by atoms with Crippen LogP contribution in [0.2, 0.25) is 0 Å². The molecule has 0 bridgehead atoms. The van der Waals surface area contributed by atoms with E-state index in [0.29, 0.717) is 5.82 Å². The zero-order chi connectivity index (χ0) is 12.3. The summed E-state index contributed by atoms with van der Waals surface area (Å²) >= 11 is 0. The van der Waals surface area contributed by atoms with Crippen LogP contribution in [0.25, 0.3) is 0 Å². The van der Waals surface area contributed by atoms with Crippen molar-refractivity contribution >= 4 is 11.6 Å². The van der Waals surface area contributed by atoms with Crippen molar-refractivity contribution in [1.82, 2.24) is 9.97 Å². The quantitative estimate of drug-likeness (QED) is 0.821. The van der Waals surface area contributed by atoms with E-state index in [1.54, 1.807) is 0 Å². The van der Waals surface area contributed by atoms with Gasteiger partial charge in [0.1, 0.15) is 17.5 Å². The molecule has 1 heterocycles. The summed E-state index contributed by atoms with van der Waals surface area (Å²) in [5, 5.41) is 3.40. The van der Waals surface area contributed by atoms with E-state index in [-0.39, 0.29) is 0 Å². The van der Waals surface area contributed by atoms with Crippen LogP contribution in [0.4, 0.5) is 11.6 Å². The van der Waals surface area contributed by atoms with Crippen LogP contribution in [0, 0.1) is 12.8 Å². The number of hydrogen-bond donors (Lipinski definition) is 2. The molecule has 2 rings (SSSR count). The van der Waals surface area contributed by atoms with E-state index >= 15 is 0 Å². The Hall–Kier alpha value is -1.32. The molecule has 4 heteroatoms. The molecule has 1 aliphatic rings. The van der Waals surface area contributed by atoms with Crippen molar-refractivity contribution in [2.24, 2.45) is 5.92 Å². The van der Waals surface area contributed by atoms with Gasteiger partial charge >= 0.3 is 0 Å². The molecule has 17 heavy (non-hydrogen) atoms.